The van der Waals surface area contributed by atoms with Gasteiger partial charge in [0, 0.05) is 12.8 Å². The Labute approximate surface area is 385 Å². The van der Waals surface area contributed by atoms with Gasteiger partial charge in [-0.2, -0.15) is 0 Å². The molecule has 0 aromatic rings. The van der Waals surface area contributed by atoms with E-state index >= 15 is 0 Å². The minimum Gasteiger partial charge on any atom is -0.462 e. The zero-order valence-electron chi connectivity index (χ0n) is 41.6. The highest BCUT2D eigenvalue weighted by molar-refractivity contribution is 7.47. The topological polar surface area (TPSA) is 108 Å². The molecule has 0 bridgehead atoms. The average molecular weight is 901 g/mol. The van der Waals surface area contributed by atoms with Crippen molar-refractivity contribution in [3.05, 3.63) is 0 Å². The molecule has 0 amide bonds. The number of esters is 2. The molecule has 370 valence electrons. The van der Waals surface area contributed by atoms with Gasteiger partial charge in [0.15, 0.2) is 6.10 Å². The summed E-state index contributed by atoms with van der Waals surface area (Å²) in [5.41, 5.74) is 0. The van der Waals surface area contributed by atoms with E-state index in [9.17, 15) is 19.0 Å². The van der Waals surface area contributed by atoms with Gasteiger partial charge in [-0.1, -0.05) is 271 Å². The molecule has 0 aromatic heterocycles. The van der Waals surface area contributed by atoms with E-state index in [0.717, 1.165) is 38.5 Å². The fourth-order valence-electron chi connectivity index (χ4n) is 8.40. The summed E-state index contributed by atoms with van der Waals surface area (Å²) in [6.07, 6.45) is 54.6. The second kappa shape index (κ2) is 49.5. The van der Waals surface area contributed by atoms with Gasteiger partial charge >= 0.3 is 19.8 Å². The molecule has 0 saturated heterocycles. The van der Waals surface area contributed by atoms with Gasteiger partial charge in [-0.15, -0.1) is 0 Å². The number of carbonyl (C=O) groups excluding carboxylic acids is 2. The molecule has 2 unspecified atom stereocenters. The Bertz CT molecular complexity index is 977. The number of hydrogen-bond donors (Lipinski definition) is 1. The summed E-state index contributed by atoms with van der Waals surface area (Å²) in [5, 5.41) is 0. The normalized spacial score (nSPS) is 13.0. The van der Waals surface area contributed by atoms with Crippen LogP contribution < -0.4 is 0 Å². The van der Waals surface area contributed by atoms with E-state index < -0.39 is 19.9 Å². The SMILES string of the molecule is CCCCCCCCCCCCCCCCCCCCCCCCC(=O)OC(COC(=O)CCCCCCCCCCCCCCCCCCCCCC)COP(=O)(O)OCC. The third-order valence-corrected chi connectivity index (χ3v) is 13.5. The molecule has 0 aromatic carbocycles. The molecular weight excluding hydrogens is 796 g/mol. The van der Waals surface area contributed by atoms with E-state index in [1.54, 1.807) is 6.92 Å². The lowest BCUT2D eigenvalue weighted by molar-refractivity contribution is -0.161. The maximum absolute atomic E-state index is 12.6. The second-order valence-electron chi connectivity index (χ2n) is 18.6. The van der Waals surface area contributed by atoms with Gasteiger partial charge in [0.25, 0.3) is 0 Å². The van der Waals surface area contributed by atoms with Gasteiger partial charge in [0.1, 0.15) is 6.61 Å². The van der Waals surface area contributed by atoms with Crippen LogP contribution in [0, 0.1) is 0 Å². The maximum atomic E-state index is 12.6. The van der Waals surface area contributed by atoms with Crippen LogP contribution in [0.25, 0.3) is 0 Å². The molecule has 62 heavy (non-hydrogen) atoms. The molecule has 9 heteroatoms. The largest absolute Gasteiger partial charge is 0.472 e. The molecule has 0 aliphatic heterocycles. The van der Waals surface area contributed by atoms with Crippen molar-refractivity contribution in [2.24, 2.45) is 0 Å². The predicted octanol–water partition coefficient (Wildman–Crippen LogP) is 17.8. The van der Waals surface area contributed by atoms with Crippen LogP contribution >= 0.6 is 7.82 Å². The number of ether oxygens (including phenoxy) is 2. The van der Waals surface area contributed by atoms with Crippen LogP contribution in [0.4, 0.5) is 0 Å². The van der Waals surface area contributed by atoms with Crippen molar-refractivity contribution in [2.75, 3.05) is 19.8 Å². The molecule has 0 radical (unpaired) electrons. The van der Waals surface area contributed by atoms with Gasteiger partial charge in [0.2, 0.25) is 0 Å². The predicted molar refractivity (Wildman–Crippen MR) is 263 cm³/mol. The molecule has 0 fully saturated rings. The minimum atomic E-state index is -4.28. The van der Waals surface area contributed by atoms with Crippen LogP contribution in [-0.4, -0.2) is 42.8 Å². The first-order valence-corrected chi connectivity index (χ1v) is 28.8. The summed E-state index contributed by atoms with van der Waals surface area (Å²) < 4.78 is 32.9. The maximum Gasteiger partial charge on any atom is 0.472 e. The van der Waals surface area contributed by atoms with E-state index in [1.807, 2.05) is 0 Å². The molecule has 0 aliphatic carbocycles. The van der Waals surface area contributed by atoms with Crippen LogP contribution in [0.5, 0.6) is 0 Å². The highest BCUT2D eigenvalue weighted by atomic mass is 31.2. The number of carbonyl (C=O) groups is 2. The Hall–Kier alpha value is -0.950. The quantitative estimate of drug-likeness (QED) is 0.0365. The van der Waals surface area contributed by atoms with Crippen LogP contribution in [0.1, 0.15) is 303 Å². The monoisotopic (exact) mass is 901 g/mol. The van der Waals surface area contributed by atoms with E-state index in [1.165, 1.54) is 231 Å². The number of phosphoric ester groups is 1. The number of phosphoric acid groups is 1. The minimum absolute atomic E-state index is 0.00615. The van der Waals surface area contributed by atoms with Crippen LogP contribution in [0.15, 0.2) is 0 Å². The molecular formula is C53H105O8P. The van der Waals surface area contributed by atoms with Crippen molar-refractivity contribution >= 4 is 19.8 Å². The molecule has 0 saturated carbocycles. The van der Waals surface area contributed by atoms with Crippen LogP contribution in [0.2, 0.25) is 0 Å². The molecule has 0 heterocycles. The first kappa shape index (κ1) is 61.0. The van der Waals surface area contributed by atoms with Crippen LogP contribution in [-0.2, 0) is 32.7 Å². The molecule has 8 nitrogen and oxygen atoms in total. The van der Waals surface area contributed by atoms with Gasteiger partial charge in [0.05, 0.1) is 13.2 Å². The fraction of sp³-hybridized carbons (Fsp3) is 0.962. The third kappa shape index (κ3) is 48.5. The van der Waals surface area contributed by atoms with Gasteiger partial charge < -0.3 is 14.4 Å². The van der Waals surface area contributed by atoms with Gasteiger partial charge in [-0.05, 0) is 19.8 Å². The Balaban J connectivity index is 3.88. The Morgan fingerprint density at radius 1 is 0.371 bits per heavy atom. The Morgan fingerprint density at radius 3 is 0.903 bits per heavy atom. The number of hydrogen-bond acceptors (Lipinski definition) is 7. The van der Waals surface area contributed by atoms with E-state index in [0.29, 0.717) is 6.42 Å². The lowest BCUT2D eigenvalue weighted by Gasteiger charge is -2.19. The summed E-state index contributed by atoms with van der Waals surface area (Å²) in [6, 6.07) is 0. The fourth-order valence-corrected chi connectivity index (χ4v) is 9.15. The van der Waals surface area contributed by atoms with E-state index in [-0.39, 0.29) is 32.2 Å². The first-order valence-electron chi connectivity index (χ1n) is 27.3. The van der Waals surface area contributed by atoms with E-state index in [4.69, 9.17) is 18.5 Å². The van der Waals surface area contributed by atoms with Crippen molar-refractivity contribution < 1.29 is 37.6 Å². The Kier molecular flexibility index (Phi) is 48.7. The number of unbranched alkanes of at least 4 members (excludes halogenated alkanes) is 40. The molecule has 0 spiro atoms. The average Bonchev–Trinajstić information content (AvgIpc) is 3.25. The molecule has 0 aliphatic rings. The lowest BCUT2D eigenvalue weighted by atomic mass is 10.0. The lowest BCUT2D eigenvalue weighted by Crippen LogP contribution is -2.29. The van der Waals surface area contributed by atoms with Crippen molar-refractivity contribution in [3.63, 3.8) is 0 Å². The highest BCUT2D eigenvalue weighted by Crippen LogP contribution is 2.43. The van der Waals surface area contributed by atoms with E-state index in [2.05, 4.69) is 13.8 Å². The standard InChI is InChI=1S/C53H105O8P/c1-4-7-9-11-13-15-17-19-21-23-25-27-28-30-32-34-36-38-40-42-44-46-48-53(55)61-51(50-60-62(56,57)59-6-3)49-58-52(54)47-45-43-41-39-37-35-33-31-29-26-24-22-20-18-16-14-12-10-8-5-2/h51H,4-50H2,1-3H3,(H,56,57). The molecule has 1 N–H and O–H groups in total. The van der Waals surface area contributed by atoms with Crippen molar-refractivity contribution in [3.8, 4) is 0 Å². The van der Waals surface area contributed by atoms with Gasteiger partial charge in [-0.3, -0.25) is 18.6 Å². The first-order chi connectivity index (χ1) is 30.3. The zero-order valence-corrected chi connectivity index (χ0v) is 42.5. The summed E-state index contributed by atoms with van der Waals surface area (Å²) in [4.78, 5) is 35.0. The van der Waals surface area contributed by atoms with Crippen molar-refractivity contribution in [1.82, 2.24) is 0 Å². The highest BCUT2D eigenvalue weighted by Gasteiger charge is 2.25. The molecule has 0 rings (SSSR count). The summed E-state index contributed by atoms with van der Waals surface area (Å²) in [5.74, 6) is -0.772. The molecule has 2 atom stereocenters. The summed E-state index contributed by atoms with van der Waals surface area (Å²) >= 11 is 0. The van der Waals surface area contributed by atoms with Crippen molar-refractivity contribution in [1.29, 1.82) is 0 Å². The van der Waals surface area contributed by atoms with Crippen LogP contribution in [0.3, 0.4) is 0 Å². The Morgan fingerprint density at radius 2 is 0.629 bits per heavy atom. The summed E-state index contributed by atoms with van der Waals surface area (Å²) in [7, 11) is -4.28. The third-order valence-electron chi connectivity index (χ3n) is 12.4. The van der Waals surface area contributed by atoms with Gasteiger partial charge in [-0.25, -0.2) is 4.57 Å². The zero-order chi connectivity index (χ0) is 45.3. The number of rotatable bonds is 52. The second-order valence-corrected chi connectivity index (χ2v) is 20.1. The van der Waals surface area contributed by atoms with Crippen molar-refractivity contribution in [2.45, 2.75) is 309 Å². The summed E-state index contributed by atoms with van der Waals surface area (Å²) in [6.45, 7) is 5.57. The smallest absolute Gasteiger partial charge is 0.462 e.